The Balaban J connectivity index is 2.05. The van der Waals surface area contributed by atoms with E-state index in [2.05, 4.69) is 29.6 Å². The average molecular weight is 380 g/mol. The third-order valence-corrected chi connectivity index (χ3v) is 3.65. The van der Waals surface area contributed by atoms with Crippen molar-refractivity contribution in [3.63, 3.8) is 0 Å². The zero-order chi connectivity index (χ0) is 19.8. The second-order valence-corrected chi connectivity index (χ2v) is 5.97. The summed E-state index contributed by atoms with van der Waals surface area (Å²) in [7, 11) is 3.62. The number of hydrogen-bond acceptors (Lipinski definition) is 7. The molecule has 0 spiro atoms. The van der Waals surface area contributed by atoms with E-state index < -0.39 is 17.6 Å². The summed E-state index contributed by atoms with van der Waals surface area (Å²) < 4.78 is 42.4. The van der Waals surface area contributed by atoms with Crippen LogP contribution in [0.3, 0.4) is 0 Å². The molecule has 0 fully saturated rings. The van der Waals surface area contributed by atoms with Crippen LogP contribution in [0.4, 0.5) is 19.0 Å². The predicted octanol–water partition coefficient (Wildman–Crippen LogP) is 2.20. The van der Waals surface area contributed by atoms with Gasteiger partial charge in [-0.3, -0.25) is 4.79 Å². The van der Waals surface area contributed by atoms with Gasteiger partial charge in [0.1, 0.15) is 11.6 Å². The van der Waals surface area contributed by atoms with E-state index >= 15 is 0 Å². The van der Waals surface area contributed by atoms with Gasteiger partial charge in [-0.25, -0.2) is 9.97 Å². The molecule has 0 aromatic carbocycles. The van der Waals surface area contributed by atoms with Crippen LogP contribution in [0.1, 0.15) is 23.0 Å². The number of aromatic nitrogens is 5. The topological polar surface area (TPSA) is 101 Å². The second-order valence-electron chi connectivity index (χ2n) is 5.97. The van der Waals surface area contributed by atoms with Gasteiger partial charge in [-0.2, -0.15) is 18.2 Å². The van der Waals surface area contributed by atoms with Crippen molar-refractivity contribution in [3.8, 4) is 11.4 Å². The smallest absolute Gasteiger partial charge is 0.363 e. The average Bonchev–Trinajstić information content (AvgIpc) is 3.06. The molecule has 0 saturated carbocycles. The van der Waals surface area contributed by atoms with E-state index in [-0.39, 0.29) is 23.4 Å². The minimum atomic E-state index is -4.77. The number of halogens is 3. The van der Waals surface area contributed by atoms with Crippen LogP contribution in [0.15, 0.2) is 27.6 Å². The highest BCUT2D eigenvalue weighted by Crippen LogP contribution is 2.30. The molecule has 0 radical (unpaired) electrons. The van der Waals surface area contributed by atoms with E-state index in [0.717, 1.165) is 0 Å². The third kappa shape index (κ3) is 3.96. The molecule has 0 saturated heterocycles. The van der Waals surface area contributed by atoms with Gasteiger partial charge in [-0.05, 0) is 13.0 Å². The molecule has 3 heterocycles. The Labute approximate surface area is 151 Å². The van der Waals surface area contributed by atoms with E-state index in [1.165, 1.54) is 12.3 Å². The fraction of sp³-hybridized carbons (Fsp3) is 0.312. The number of hydrogen-bond donors (Lipinski definition) is 1. The molecule has 3 aromatic rings. The quantitative estimate of drug-likeness (QED) is 0.740. The first-order valence-electron chi connectivity index (χ1n) is 7.79. The molecule has 11 heteroatoms. The normalized spacial score (nSPS) is 11.6. The maximum atomic E-state index is 12.7. The Bertz CT molecular complexity index is 1030. The molecular weight excluding hydrogens is 365 g/mol. The standard InChI is InChI=1S/C16H15F3N6O2/c1-8-6-12(25(2)3)22-11(21-8)7-10-9(4-5-20-14(10)26)13-23-15(27-24-13)16(17,18)19/h4-6H,7H2,1-3H3,(H,20,26). The molecular formula is C16H15F3N6O2. The van der Waals surface area contributed by atoms with Crippen LogP contribution in [-0.2, 0) is 12.6 Å². The van der Waals surface area contributed by atoms with Crippen LogP contribution >= 0.6 is 0 Å². The van der Waals surface area contributed by atoms with E-state index in [9.17, 15) is 18.0 Å². The summed E-state index contributed by atoms with van der Waals surface area (Å²) in [5.74, 6) is -0.823. The summed E-state index contributed by atoms with van der Waals surface area (Å²) in [6.45, 7) is 1.78. The zero-order valence-corrected chi connectivity index (χ0v) is 14.6. The summed E-state index contributed by atoms with van der Waals surface area (Å²) in [6, 6.07) is 3.18. The van der Waals surface area contributed by atoms with Gasteiger partial charge >= 0.3 is 12.1 Å². The van der Waals surface area contributed by atoms with Gasteiger partial charge in [0.05, 0.1) is 0 Å². The fourth-order valence-electron chi connectivity index (χ4n) is 2.42. The number of aryl methyl sites for hydroxylation is 1. The third-order valence-electron chi connectivity index (χ3n) is 3.65. The first kappa shape index (κ1) is 18.5. The molecule has 0 amide bonds. The molecule has 8 nitrogen and oxygen atoms in total. The van der Waals surface area contributed by atoms with Crippen LogP contribution in [-0.4, -0.2) is 39.2 Å². The van der Waals surface area contributed by atoms with Crippen LogP contribution in [0.5, 0.6) is 0 Å². The van der Waals surface area contributed by atoms with E-state index in [0.29, 0.717) is 17.3 Å². The van der Waals surface area contributed by atoms with Gasteiger partial charge in [0.25, 0.3) is 5.56 Å². The second kappa shape index (κ2) is 6.82. The first-order chi connectivity index (χ1) is 12.6. The molecule has 0 atom stereocenters. The Kier molecular flexibility index (Phi) is 4.68. The Morgan fingerprint density at radius 2 is 1.96 bits per heavy atom. The minimum Gasteiger partial charge on any atom is -0.363 e. The highest BCUT2D eigenvalue weighted by atomic mass is 19.4. The maximum absolute atomic E-state index is 12.7. The van der Waals surface area contributed by atoms with Gasteiger partial charge in [0.2, 0.25) is 5.82 Å². The Morgan fingerprint density at radius 3 is 2.59 bits per heavy atom. The number of anilines is 1. The fourth-order valence-corrected chi connectivity index (χ4v) is 2.42. The van der Waals surface area contributed by atoms with Gasteiger partial charge < -0.3 is 14.4 Å². The number of nitrogens with one attached hydrogen (secondary N) is 1. The summed E-state index contributed by atoms with van der Waals surface area (Å²) in [5.41, 5.74) is 0.454. The molecule has 1 N–H and O–H groups in total. The Morgan fingerprint density at radius 1 is 1.22 bits per heavy atom. The molecule has 0 bridgehead atoms. The SMILES string of the molecule is Cc1cc(N(C)C)nc(Cc2c(-c3noc(C(F)(F)F)n3)cc[nH]c2=O)n1. The number of aromatic amines is 1. The lowest BCUT2D eigenvalue weighted by Crippen LogP contribution is -2.17. The zero-order valence-electron chi connectivity index (χ0n) is 14.6. The summed E-state index contributed by atoms with van der Waals surface area (Å²) >= 11 is 0. The monoisotopic (exact) mass is 380 g/mol. The van der Waals surface area contributed by atoms with Crippen molar-refractivity contribution in [2.75, 3.05) is 19.0 Å². The summed E-state index contributed by atoms with van der Waals surface area (Å²) in [6.07, 6.45) is -3.48. The van der Waals surface area contributed by atoms with Crippen LogP contribution < -0.4 is 10.5 Å². The van der Waals surface area contributed by atoms with Crippen molar-refractivity contribution in [3.05, 3.63) is 51.7 Å². The van der Waals surface area contributed by atoms with Crippen molar-refractivity contribution in [1.29, 1.82) is 0 Å². The minimum absolute atomic E-state index is 0.0100. The lowest BCUT2D eigenvalue weighted by atomic mass is 10.1. The molecule has 3 rings (SSSR count). The van der Waals surface area contributed by atoms with Crippen LogP contribution in [0.25, 0.3) is 11.4 Å². The number of rotatable bonds is 4. The molecule has 3 aromatic heterocycles. The molecule has 0 unspecified atom stereocenters. The van der Waals surface area contributed by atoms with Gasteiger partial charge in [0.15, 0.2) is 0 Å². The lowest BCUT2D eigenvalue weighted by molar-refractivity contribution is -0.159. The van der Waals surface area contributed by atoms with E-state index in [1.807, 2.05) is 14.1 Å². The molecule has 142 valence electrons. The maximum Gasteiger partial charge on any atom is 0.471 e. The highest BCUT2D eigenvalue weighted by molar-refractivity contribution is 5.59. The largest absolute Gasteiger partial charge is 0.471 e. The van der Waals surface area contributed by atoms with Crippen molar-refractivity contribution in [2.45, 2.75) is 19.5 Å². The van der Waals surface area contributed by atoms with Crippen molar-refractivity contribution >= 4 is 5.82 Å². The number of H-pyrrole nitrogens is 1. The first-order valence-corrected chi connectivity index (χ1v) is 7.79. The lowest BCUT2D eigenvalue weighted by Gasteiger charge is -2.13. The summed E-state index contributed by atoms with van der Waals surface area (Å²) in [5, 5.41) is 3.35. The number of pyridine rings is 1. The number of alkyl halides is 3. The highest BCUT2D eigenvalue weighted by Gasteiger charge is 2.38. The van der Waals surface area contributed by atoms with Gasteiger partial charge in [-0.1, -0.05) is 5.16 Å². The van der Waals surface area contributed by atoms with Crippen LogP contribution in [0, 0.1) is 6.92 Å². The van der Waals surface area contributed by atoms with Crippen molar-refractivity contribution in [2.24, 2.45) is 0 Å². The molecule has 27 heavy (non-hydrogen) atoms. The van der Waals surface area contributed by atoms with Crippen molar-refractivity contribution in [1.82, 2.24) is 25.1 Å². The Hall–Kier alpha value is -3.24. The molecule has 0 aliphatic carbocycles. The van der Waals surface area contributed by atoms with E-state index in [1.54, 1.807) is 17.9 Å². The van der Waals surface area contributed by atoms with E-state index in [4.69, 9.17) is 0 Å². The van der Waals surface area contributed by atoms with Crippen molar-refractivity contribution < 1.29 is 17.7 Å². The number of nitrogens with zero attached hydrogens (tertiary/aromatic N) is 5. The van der Waals surface area contributed by atoms with Gasteiger partial charge in [-0.15, -0.1) is 0 Å². The molecule has 0 aliphatic heterocycles. The van der Waals surface area contributed by atoms with Gasteiger partial charge in [0, 0.05) is 49.6 Å². The predicted molar refractivity (Wildman–Crippen MR) is 89.3 cm³/mol. The summed E-state index contributed by atoms with van der Waals surface area (Å²) in [4.78, 5) is 28.6. The van der Waals surface area contributed by atoms with Crippen LogP contribution in [0.2, 0.25) is 0 Å². The molecule has 0 aliphatic rings.